The van der Waals surface area contributed by atoms with Crippen molar-refractivity contribution in [3.05, 3.63) is 11.8 Å². The predicted octanol–water partition coefficient (Wildman–Crippen LogP) is 1.53. The average molecular weight is 206 g/mol. The number of hydrogen-bond acceptors (Lipinski definition) is 4. The van der Waals surface area contributed by atoms with E-state index in [1.807, 2.05) is 0 Å². The van der Waals surface area contributed by atoms with E-state index in [1.54, 1.807) is 0 Å². The smallest absolute Gasteiger partial charge is 0.417 e. The van der Waals surface area contributed by atoms with E-state index >= 15 is 0 Å². The summed E-state index contributed by atoms with van der Waals surface area (Å²) in [6.07, 6.45) is -4.22. The number of Topliss-reactive ketones (excluding diaryl/α,β-unsaturated/α-hetero) is 1. The maximum absolute atomic E-state index is 12.0. The summed E-state index contributed by atoms with van der Waals surface area (Å²) in [6.45, 7) is 0. The molecular weight excluding hydrogens is 201 g/mol. The van der Waals surface area contributed by atoms with Crippen molar-refractivity contribution in [2.45, 2.75) is 24.9 Å². The van der Waals surface area contributed by atoms with Crippen molar-refractivity contribution in [2.24, 2.45) is 0 Å². The molecular formula is C7H5F3N2O2. The van der Waals surface area contributed by atoms with Crippen LogP contribution in [0.2, 0.25) is 0 Å². The van der Waals surface area contributed by atoms with Gasteiger partial charge in [0.25, 0.3) is 0 Å². The van der Waals surface area contributed by atoms with Gasteiger partial charge in [-0.05, 0) is 0 Å². The lowest BCUT2D eigenvalue weighted by Crippen LogP contribution is -2.21. The molecule has 4 nitrogen and oxygen atoms in total. The van der Waals surface area contributed by atoms with Crippen molar-refractivity contribution in [3.8, 4) is 0 Å². The number of nitrogens with zero attached hydrogens (tertiary/aromatic N) is 2. The summed E-state index contributed by atoms with van der Waals surface area (Å²) >= 11 is 0. The number of ketones is 1. The third kappa shape index (κ3) is 1.49. The minimum Gasteiger partial charge on any atom is -0.417 e. The molecule has 0 bridgehead atoms. The average Bonchev–Trinajstić information content (AvgIpc) is 2.45. The third-order valence-electron chi connectivity index (χ3n) is 1.98. The summed E-state index contributed by atoms with van der Waals surface area (Å²) in [5.41, 5.74) is 0. The molecule has 0 saturated heterocycles. The lowest BCUT2D eigenvalue weighted by atomic mass is 9.84. The fourth-order valence-electron chi connectivity index (χ4n) is 1.18. The van der Waals surface area contributed by atoms with Crippen LogP contribution in [0.5, 0.6) is 0 Å². The number of carbonyl (C=O) groups excluding carboxylic acids is 1. The molecule has 2 rings (SSSR count). The zero-order valence-corrected chi connectivity index (χ0v) is 6.84. The van der Waals surface area contributed by atoms with Gasteiger partial charge in [-0.15, -0.1) is 10.2 Å². The third-order valence-corrected chi connectivity index (χ3v) is 1.98. The van der Waals surface area contributed by atoms with Gasteiger partial charge in [-0.1, -0.05) is 0 Å². The van der Waals surface area contributed by atoms with Crippen molar-refractivity contribution in [1.29, 1.82) is 0 Å². The molecule has 0 atom stereocenters. The Morgan fingerprint density at radius 2 is 1.93 bits per heavy atom. The van der Waals surface area contributed by atoms with E-state index in [0.717, 1.165) is 0 Å². The fourth-order valence-corrected chi connectivity index (χ4v) is 1.18. The van der Waals surface area contributed by atoms with Crippen LogP contribution in [0, 0.1) is 0 Å². The number of halogens is 3. The first-order valence-corrected chi connectivity index (χ1v) is 3.89. The zero-order chi connectivity index (χ0) is 10.3. The molecule has 0 unspecified atom stereocenters. The van der Waals surface area contributed by atoms with Crippen LogP contribution in [0.3, 0.4) is 0 Å². The Morgan fingerprint density at radius 3 is 2.36 bits per heavy atom. The summed E-state index contributed by atoms with van der Waals surface area (Å²) in [4.78, 5) is 10.6. The van der Waals surface area contributed by atoms with Crippen LogP contribution in [0.25, 0.3) is 0 Å². The minimum atomic E-state index is -4.61. The minimum absolute atomic E-state index is 0.00163. The number of alkyl halides is 3. The lowest BCUT2D eigenvalue weighted by molar-refractivity contribution is -0.157. The highest BCUT2D eigenvalue weighted by atomic mass is 19.4. The van der Waals surface area contributed by atoms with Crippen LogP contribution < -0.4 is 0 Å². The summed E-state index contributed by atoms with van der Waals surface area (Å²) in [7, 11) is 0. The lowest BCUT2D eigenvalue weighted by Gasteiger charge is -2.19. The van der Waals surface area contributed by atoms with Crippen molar-refractivity contribution >= 4 is 5.78 Å². The molecule has 1 aliphatic carbocycles. The largest absolute Gasteiger partial charge is 0.470 e. The van der Waals surface area contributed by atoms with Crippen LogP contribution in [0.4, 0.5) is 13.2 Å². The van der Waals surface area contributed by atoms with Crippen LogP contribution >= 0.6 is 0 Å². The normalized spacial score (nSPS) is 18.4. The molecule has 1 heterocycles. The maximum atomic E-state index is 12.0. The molecule has 0 amide bonds. The predicted molar refractivity (Wildman–Crippen MR) is 36.3 cm³/mol. The fraction of sp³-hybridized carbons (Fsp3) is 0.571. The van der Waals surface area contributed by atoms with E-state index in [-0.39, 0.29) is 30.4 Å². The highest BCUT2D eigenvalue weighted by molar-refractivity contribution is 5.85. The van der Waals surface area contributed by atoms with Crippen molar-refractivity contribution < 1.29 is 22.4 Å². The Morgan fingerprint density at radius 1 is 1.29 bits per heavy atom. The van der Waals surface area contributed by atoms with E-state index in [0.29, 0.717) is 0 Å². The Labute approximate surface area is 76.1 Å². The summed E-state index contributed by atoms with van der Waals surface area (Å²) < 4.78 is 40.4. The first-order chi connectivity index (χ1) is 6.47. The SMILES string of the molecule is O=C1CC(c2nnc(C(F)(F)F)o2)C1. The van der Waals surface area contributed by atoms with Crippen LogP contribution in [0.1, 0.15) is 30.5 Å². The highest BCUT2D eigenvalue weighted by Gasteiger charge is 2.40. The van der Waals surface area contributed by atoms with Crippen LogP contribution in [-0.2, 0) is 11.0 Å². The summed E-state index contributed by atoms with van der Waals surface area (Å²) in [5, 5.41) is 6.11. The maximum Gasteiger partial charge on any atom is 0.470 e. The van der Waals surface area contributed by atoms with Gasteiger partial charge in [-0.25, -0.2) is 0 Å². The topological polar surface area (TPSA) is 56.0 Å². The molecule has 1 aliphatic rings. The summed E-state index contributed by atoms with van der Waals surface area (Å²) in [6, 6.07) is 0. The standard InChI is InChI=1S/C7H5F3N2O2/c8-7(9,10)6-12-11-5(14-6)3-1-4(13)2-3/h3H,1-2H2. The van der Waals surface area contributed by atoms with Gasteiger partial charge >= 0.3 is 12.1 Å². The summed E-state index contributed by atoms with van der Waals surface area (Å²) in [5.74, 6) is -1.78. The molecule has 0 aromatic carbocycles. The Hall–Kier alpha value is -1.40. The van der Waals surface area contributed by atoms with Crippen LogP contribution in [-0.4, -0.2) is 16.0 Å². The van der Waals surface area contributed by atoms with Gasteiger partial charge < -0.3 is 4.42 Å². The Balaban J connectivity index is 2.14. The number of carbonyl (C=O) groups is 1. The molecule has 7 heteroatoms. The van der Waals surface area contributed by atoms with Gasteiger partial charge in [0.1, 0.15) is 5.78 Å². The monoisotopic (exact) mass is 206 g/mol. The number of rotatable bonds is 1. The van der Waals surface area contributed by atoms with E-state index in [1.165, 1.54) is 0 Å². The molecule has 0 spiro atoms. The molecule has 0 radical (unpaired) electrons. The Kier molecular flexibility index (Phi) is 1.83. The van der Waals surface area contributed by atoms with Gasteiger partial charge in [0, 0.05) is 12.8 Å². The first-order valence-electron chi connectivity index (χ1n) is 3.89. The highest BCUT2D eigenvalue weighted by Crippen LogP contribution is 2.35. The van der Waals surface area contributed by atoms with Crippen LogP contribution in [0.15, 0.2) is 4.42 Å². The zero-order valence-electron chi connectivity index (χ0n) is 6.84. The molecule has 1 aromatic heterocycles. The molecule has 14 heavy (non-hydrogen) atoms. The molecule has 0 aliphatic heterocycles. The second-order valence-electron chi connectivity index (χ2n) is 3.09. The van der Waals surface area contributed by atoms with Crippen molar-refractivity contribution in [3.63, 3.8) is 0 Å². The molecule has 0 N–H and O–H groups in total. The van der Waals surface area contributed by atoms with E-state index in [2.05, 4.69) is 14.6 Å². The van der Waals surface area contributed by atoms with Gasteiger partial charge in [0.2, 0.25) is 5.89 Å². The van der Waals surface area contributed by atoms with E-state index in [4.69, 9.17) is 0 Å². The molecule has 1 aromatic rings. The Bertz CT molecular complexity index is 363. The van der Waals surface area contributed by atoms with Crippen molar-refractivity contribution in [2.75, 3.05) is 0 Å². The second kappa shape index (κ2) is 2.79. The van der Waals surface area contributed by atoms with E-state index in [9.17, 15) is 18.0 Å². The second-order valence-corrected chi connectivity index (χ2v) is 3.09. The molecule has 1 fully saturated rings. The molecule has 76 valence electrons. The van der Waals surface area contributed by atoms with Crippen molar-refractivity contribution in [1.82, 2.24) is 10.2 Å². The van der Waals surface area contributed by atoms with Gasteiger partial charge in [0.15, 0.2) is 0 Å². The quantitative estimate of drug-likeness (QED) is 0.699. The van der Waals surface area contributed by atoms with Gasteiger partial charge in [-0.3, -0.25) is 4.79 Å². The first kappa shape index (κ1) is 9.17. The number of aromatic nitrogens is 2. The number of hydrogen-bond donors (Lipinski definition) is 0. The van der Waals surface area contributed by atoms with Gasteiger partial charge in [-0.2, -0.15) is 13.2 Å². The molecule has 1 saturated carbocycles. The van der Waals surface area contributed by atoms with Gasteiger partial charge in [0.05, 0.1) is 5.92 Å². The van der Waals surface area contributed by atoms with E-state index < -0.39 is 12.1 Å².